The van der Waals surface area contributed by atoms with Crippen LogP contribution in [0.5, 0.6) is 5.75 Å². The van der Waals surface area contributed by atoms with Gasteiger partial charge in [-0.05, 0) is 99.5 Å². The molecule has 2 fully saturated rings. The second kappa shape index (κ2) is 10.6. The summed E-state index contributed by atoms with van der Waals surface area (Å²) >= 11 is 0. The van der Waals surface area contributed by atoms with E-state index < -0.39 is 0 Å². The molecule has 2 aliphatic carbocycles. The minimum Gasteiger partial charge on any atom is -0.494 e. The second-order valence-corrected chi connectivity index (χ2v) is 8.45. The Balaban J connectivity index is 1.40. The molecule has 2 aliphatic rings. The van der Waals surface area contributed by atoms with E-state index >= 15 is 0 Å². The van der Waals surface area contributed by atoms with Crippen LogP contribution in [0.1, 0.15) is 77.2 Å². The number of benzene rings is 1. The van der Waals surface area contributed by atoms with Crippen LogP contribution in [0.4, 0.5) is 0 Å². The minimum atomic E-state index is 0.704. The van der Waals surface area contributed by atoms with Crippen molar-refractivity contribution < 1.29 is 4.74 Å². The standard InChI is InChI=1S/C26H36O/c1-3-21-9-15-24(16-10-21)25-17-11-22(12-18-25)7-5-6-8-23-13-19-26(20-14-23)27-4-2/h5,7,13-14,19-22,24-25H,3-4,9-12,15-18H2,1-2H3/b7-5+. The van der Waals surface area contributed by atoms with E-state index in [9.17, 15) is 0 Å². The monoisotopic (exact) mass is 364 g/mol. The number of hydrogen-bond donors (Lipinski definition) is 0. The Bertz CT molecular complexity index is 629. The molecule has 1 aromatic rings. The van der Waals surface area contributed by atoms with Gasteiger partial charge < -0.3 is 4.74 Å². The van der Waals surface area contributed by atoms with Crippen LogP contribution in [0, 0.1) is 35.5 Å². The van der Waals surface area contributed by atoms with Crippen molar-refractivity contribution in [3.05, 3.63) is 42.0 Å². The van der Waals surface area contributed by atoms with E-state index in [0.29, 0.717) is 6.61 Å². The lowest BCUT2D eigenvalue weighted by atomic mass is 9.69. The van der Waals surface area contributed by atoms with Crippen molar-refractivity contribution in [2.45, 2.75) is 71.6 Å². The minimum absolute atomic E-state index is 0.704. The van der Waals surface area contributed by atoms with E-state index in [0.717, 1.165) is 35.0 Å². The zero-order chi connectivity index (χ0) is 18.9. The van der Waals surface area contributed by atoms with E-state index in [1.807, 2.05) is 31.2 Å². The highest BCUT2D eigenvalue weighted by Crippen LogP contribution is 2.42. The van der Waals surface area contributed by atoms with Crippen LogP contribution < -0.4 is 4.74 Å². The van der Waals surface area contributed by atoms with Gasteiger partial charge in [-0.2, -0.15) is 0 Å². The summed E-state index contributed by atoms with van der Waals surface area (Å²) in [5.41, 5.74) is 1.05. The summed E-state index contributed by atoms with van der Waals surface area (Å²) in [6.07, 6.45) is 17.4. The average Bonchev–Trinajstić information content (AvgIpc) is 2.73. The van der Waals surface area contributed by atoms with Crippen LogP contribution in [0.2, 0.25) is 0 Å². The average molecular weight is 365 g/mol. The molecule has 2 saturated carbocycles. The van der Waals surface area contributed by atoms with E-state index in [2.05, 4.69) is 30.9 Å². The molecule has 0 heterocycles. The number of rotatable bonds is 5. The molecule has 1 nitrogen and oxygen atoms in total. The first kappa shape index (κ1) is 20.1. The lowest BCUT2D eigenvalue weighted by Crippen LogP contribution is -2.25. The first-order valence-corrected chi connectivity index (χ1v) is 11.2. The Morgan fingerprint density at radius 3 is 2.11 bits per heavy atom. The van der Waals surface area contributed by atoms with Crippen molar-refractivity contribution >= 4 is 0 Å². The molecule has 1 heteroatoms. The molecule has 1 aromatic carbocycles. The van der Waals surface area contributed by atoms with Gasteiger partial charge in [0.15, 0.2) is 0 Å². The quantitative estimate of drug-likeness (QED) is 0.510. The first-order chi connectivity index (χ1) is 13.3. The second-order valence-electron chi connectivity index (χ2n) is 8.45. The third kappa shape index (κ3) is 6.17. The first-order valence-electron chi connectivity index (χ1n) is 11.2. The fraction of sp³-hybridized carbons (Fsp3) is 0.615. The molecule has 0 amide bonds. The van der Waals surface area contributed by atoms with E-state index in [-0.39, 0.29) is 0 Å². The zero-order valence-corrected chi connectivity index (χ0v) is 17.3. The smallest absolute Gasteiger partial charge is 0.119 e. The van der Waals surface area contributed by atoms with Crippen LogP contribution in [0.15, 0.2) is 36.4 Å². The van der Waals surface area contributed by atoms with Crippen LogP contribution in [0.25, 0.3) is 0 Å². The highest BCUT2D eigenvalue weighted by molar-refractivity contribution is 5.40. The molecule has 0 aliphatic heterocycles. The molecular weight excluding hydrogens is 328 g/mol. The number of allylic oxidation sites excluding steroid dienone is 2. The Labute approximate surface area is 166 Å². The summed E-state index contributed by atoms with van der Waals surface area (Å²) < 4.78 is 5.47. The summed E-state index contributed by atoms with van der Waals surface area (Å²) in [6, 6.07) is 8.05. The molecule has 0 saturated heterocycles. The van der Waals surface area contributed by atoms with Crippen LogP contribution in [-0.2, 0) is 0 Å². The molecule has 0 unspecified atom stereocenters. The Morgan fingerprint density at radius 2 is 1.52 bits per heavy atom. The summed E-state index contributed by atoms with van der Waals surface area (Å²) in [7, 11) is 0. The van der Waals surface area contributed by atoms with E-state index in [4.69, 9.17) is 4.74 Å². The van der Waals surface area contributed by atoms with Gasteiger partial charge in [-0.1, -0.05) is 44.1 Å². The van der Waals surface area contributed by atoms with E-state index in [1.165, 1.54) is 57.8 Å². The molecule has 0 bridgehead atoms. The van der Waals surface area contributed by atoms with Crippen LogP contribution in [-0.4, -0.2) is 6.61 Å². The van der Waals surface area contributed by atoms with E-state index in [1.54, 1.807) is 0 Å². The summed E-state index contributed by atoms with van der Waals surface area (Å²) in [5, 5.41) is 0. The predicted octanol–water partition coefficient (Wildman–Crippen LogP) is 7.02. The Kier molecular flexibility index (Phi) is 7.88. The van der Waals surface area contributed by atoms with Gasteiger partial charge in [-0.3, -0.25) is 0 Å². The van der Waals surface area contributed by atoms with Gasteiger partial charge in [0.1, 0.15) is 5.75 Å². The molecule has 27 heavy (non-hydrogen) atoms. The summed E-state index contributed by atoms with van der Waals surface area (Å²) in [5.74, 6) is 11.2. The molecule has 0 atom stereocenters. The van der Waals surface area contributed by atoms with Gasteiger partial charge in [-0.15, -0.1) is 0 Å². The maximum Gasteiger partial charge on any atom is 0.119 e. The lowest BCUT2D eigenvalue weighted by molar-refractivity contribution is 0.154. The molecule has 146 valence electrons. The summed E-state index contributed by atoms with van der Waals surface area (Å²) in [4.78, 5) is 0. The van der Waals surface area contributed by atoms with Crippen molar-refractivity contribution in [3.63, 3.8) is 0 Å². The maximum absolute atomic E-state index is 5.47. The van der Waals surface area contributed by atoms with Crippen molar-refractivity contribution in [2.24, 2.45) is 23.7 Å². The number of ether oxygens (including phenoxy) is 1. The fourth-order valence-electron chi connectivity index (χ4n) is 4.99. The van der Waals surface area contributed by atoms with Crippen molar-refractivity contribution in [2.75, 3.05) is 6.61 Å². The largest absolute Gasteiger partial charge is 0.494 e. The highest BCUT2D eigenvalue weighted by atomic mass is 16.5. The van der Waals surface area contributed by atoms with Gasteiger partial charge in [0, 0.05) is 5.56 Å². The van der Waals surface area contributed by atoms with Gasteiger partial charge in [0.05, 0.1) is 6.61 Å². The molecule has 0 N–H and O–H groups in total. The van der Waals surface area contributed by atoms with Gasteiger partial charge >= 0.3 is 0 Å². The molecule has 0 radical (unpaired) electrons. The van der Waals surface area contributed by atoms with Crippen molar-refractivity contribution in [3.8, 4) is 17.6 Å². The molecular formula is C26H36O. The lowest BCUT2D eigenvalue weighted by Gasteiger charge is -2.37. The third-order valence-electron chi connectivity index (χ3n) is 6.79. The normalized spacial score (nSPS) is 28.5. The van der Waals surface area contributed by atoms with Crippen molar-refractivity contribution in [1.29, 1.82) is 0 Å². The van der Waals surface area contributed by atoms with Crippen molar-refractivity contribution in [1.82, 2.24) is 0 Å². The predicted molar refractivity (Wildman–Crippen MR) is 115 cm³/mol. The van der Waals surface area contributed by atoms with Crippen LogP contribution >= 0.6 is 0 Å². The topological polar surface area (TPSA) is 9.23 Å². The van der Waals surface area contributed by atoms with Gasteiger partial charge in [0.2, 0.25) is 0 Å². The third-order valence-corrected chi connectivity index (χ3v) is 6.79. The highest BCUT2D eigenvalue weighted by Gasteiger charge is 2.29. The molecule has 3 rings (SSSR count). The molecule has 0 aromatic heterocycles. The Hall–Kier alpha value is -1.68. The summed E-state index contributed by atoms with van der Waals surface area (Å²) in [6.45, 7) is 5.07. The fourth-order valence-corrected chi connectivity index (χ4v) is 4.99. The zero-order valence-electron chi connectivity index (χ0n) is 17.3. The van der Waals surface area contributed by atoms with Crippen LogP contribution in [0.3, 0.4) is 0 Å². The SMILES string of the molecule is CCOc1ccc(C#C/C=C/C2CCC(C3CCC(CC)CC3)CC2)cc1. The number of hydrogen-bond acceptors (Lipinski definition) is 1. The van der Waals surface area contributed by atoms with Gasteiger partial charge in [-0.25, -0.2) is 0 Å². The molecule has 0 spiro atoms. The van der Waals surface area contributed by atoms with Gasteiger partial charge in [0.25, 0.3) is 0 Å². The Morgan fingerprint density at radius 1 is 0.889 bits per heavy atom. The maximum atomic E-state index is 5.47.